The van der Waals surface area contributed by atoms with Gasteiger partial charge in [-0.2, -0.15) is 0 Å². The lowest BCUT2D eigenvalue weighted by Gasteiger charge is -2.10. The molecule has 3 rings (SSSR count). The number of benzene rings is 3. The van der Waals surface area contributed by atoms with Crippen LogP contribution < -0.4 is 16.0 Å². The van der Waals surface area contributed by atoms with Crippen molar-refractivity contribution in [3.8, 4) is 0 Å². The van der Waals surface area contributed by atoms with E-state index in [1.165, 1.54) is 6.07 Å². The summed E-state index contributed by atoms with van der Waals surface area (Å²) in [5, 5.41) is 19.8. The SMILES string of the molecule is O=C(CNc1ccccc1[N+](=O)[O-])Nc1ccc(Nc2ccccc2)cc1. The zero-order valence-corrected chi connectivity index (χ0v) is 14.4. The lowest BCUT2D eigenvalue weighted by molar-refractivity contribution is -0.383. The van der Waals surface area contributed by atoms with Crippen LogP contribution in [0.4, 0.5) is 28.4 Å². The lowest BCUT2D eigenvalue weighted by atomic mass is 10.2. The van der Waals surface area contributed by atoms with Crippen LogP contribution in [0.2, 0.25) is 0 Å². The molecule has 7 nitrogen and oxygen atoms in total. The van der Waals surface area contributed by atoms with Gasteiger partial charge in [-0.3, -0.25) is 14.9 Å². The van der Waals surface area contributed by atoms with E-state index in [0.717, 1.165) is 11.4 Å². The first-order chi connectivity index (χ1) is 13.1. The molecule has 3 aromatic carbocycles. The molecule has 0 aromatic heterocycles. The van der Waals surface area contributed by atoms with Gasteiger partial charge in [-0.05, 0) is 42.5 Å². The predicted molar refractivity (Wildman–Crippen MR) is 106 cm³/mol. The first-order valence-electron chi connectivity index (χ1n) is 8.31. The fraction of sp³-hybridized carbons (Fsp3) is 0.0500. The molecule has 0 heterocycles. The molecule has 3 aromatic rings. The largest absolute Gasteiger partial charge is 0.371 e. The van der Waals surface area contributed by atoms with Crippen molar-refractivity contribution < 1.29 is 9.72 Å². The van der Waals surface area contributed by atoms with Gasteiger partial charge < -0.3 is 16.0 Å². The Bertz CT molecular complexity index is 927. The van der Waals surface area contributed by atoms with Gasteiger partial charge in [-0.1, -0.05) is 30.3 Å². The molecular weight excluding hydrogens is 344 g/mol. The van der Waals surface area contributed by atoms with E-state index >= 15 is 0 Å². The maximum Gasteiger partial charge on any atom is 0.292 e. The van der Waals surface area contributed by atoms with Gasteiger partial charge in [0.05, 0.1) is 11.5 Å². The van der Waals surface area contributed by atoms with Crippen LogP contribution >= 0.6 is 0 Å². The Hall–Kier alpha value is -3.87. The van der Waals surface area contributed by atoms with Crippen molar-refractivity contribution in [3.05, 3.63) is 89.0 Å². The third-order valence-electron chi connectivity index (χ3n) is 3.77. The van der Waals surface area contributed by atoms with Gasteiger partial charge in [-0.25, -0.2) is 0 Å². The third kappa shape index (κ3) is 5.05. The highest BCUT2D eigenvalue weighted by atomic mass is 16.6. The van der Waals surface area contributed by atoms with Gasteiger partial charge in [-0.15, -0.1) is 0 Å². The summed E-state index contributed by atoms with van der Waals surface area (Å²) in [5.41, 5.74) is 2.75. The number of hydrogen-bond donors (Lipinski definition) is 3. The normalized spacial score (nSPS) is 10.1. The first-order valence-corrected chi connectivity index (χ1v) is 8.31. The van der Waals surface area contributed by atoms with Crippen molar-refractivity contribution in [3.63, 3.8) is 0 Å². The van der Waals surface area contributed by atoms with Gasteiger partial charge in [0.25, 0.3) is 5.69 Å². The highest BCUT2D eigenvalue weighted by Gasteiger charge is 2.13. The number of nitrogens with zero attached hydrogens (tertiary/aromatic N) is 1. The Kier molecular flexibility index (Phi) is 5.64. The van der Waals surface area contributed by atoms with E-state index in [1.807, 2.05) is 42.5 Å². The van der Waals surface area contributed by atoms with Crippen LogP contribution in [0.1, 0.15) is 0 Å². The standard InChI is InChI=1S/C20H18N4O3/c25-20(14-21-18-8-4-5-9-19(18)24(26)27)23-17-12-10-16(11-13-17)22-15-6-2-1-3-7-15/h1-13,21-22H,14H2,(H,23,25). The Morgan fingerprint density at radius 3 is 2.11 bits per heavy atom. The van der Waals surface area contributed by atoms with Crippen LogP contribution in [0.25, 0.3) is 0 Å². The van der Waals surface area contributed by atoms with Gasteiger partial charge in [0.1, 0.15) is 5.69 Å². The zero-order valence-electron chi connectivity index (χ0n) is 14.4. The average Bonchev–Trinajstić information content (AvgIpc) is 2.69. The minimum absolute atomic E-state index is 0.0679. The molecule has 136 valence electrons. The molecule has 0 fully saturated rings. The molecule has 0 atom stereocenters. The minimum atomic E-state index is -0.487. The van der Waals surface area contributed by atoms with Crippen LogP contribution in [0.5, 0.6) is 0 Å². The summed E-state index contributed by atoms with van der Waals surface area (Å²) in [6.45, 7) is -0.0745. The Morgan fingerprint density at radius 2 is 1.41 bits per heavy atom. The van der Waals surface area contributed by atoms with Crippen molar-refractivity contribution in [2.45, 2.75) is 0 Å². The molecule has 7 heteroatoms. The molecule has 0 saturated heterocycles. The van der Waals surface area contributed by atoms with Crippen molar-refractivity contribution in [1.82, 2.24) is 0 Å². The Balaban J connectivity index is 1.54. The smallest absolute Gasteiger partial charge is 0.292 e. The molecule has 0 unspecified atom stereocenters. The van der Waals surface area contributed by atoms with E-state index in [9.17, 15) is 14.9 Å². The van der Waals surface area contributed by atoms with Crippen molar-refractivity contribution >= 4 is 34.3 Å². The molecule has 0 aliphatic rings. The van der Waals surface area contributed by atoms with Crippen LogP contribution in [0, 0.1) is 10.1 Å². The number of nitrogens with one attached hydrogen (secondary N) is 3. The zero-order chi connectivity index (χ0) is 19.1. The second kappa shape index (κ2) is 8.48. The molecule has 0 radical (unpaired) electrons. The molecule has 0 aliphatic carbocycles. The topological polar surface area (TPSA) is 96.3 Å². The number of amides is 1. The van der Waals surface area contributed by atoms with Crippen molar-refractivity contribution in [2.24, 2.45) is 0 Å². The third-order valence-corrected chi connectivity index (χ3v) is 3.77. The number of para-hydroxylation sites is 3. The quantitative estimate of drug-likeness (QED) is 0.428. The van der Waals surface area contributed by atoms with Crippen molar-refractivity contribution in [1.29, 1.82) is 0 Å². The molecule has 0 saturated carbocycles. The number of carbonyl (C=O) groups is 1. The van der Waals surface area contributed by atoms with E-state index in [4.69, 9.17) is 0 Å². The number of hydrogen-bond acceptors (Lipinski definition) is 5. The van der Waals surface area contributed by atoms with E-state index < -0.39 is 4.92 Å². The summed E-state index contributed by atoms with van der Waals surface area (Å²) in [6.07, 6.45) is 0. The molecule has 1 amide bonds. The van der Waals surface area contributed by atoms with Gasteiger partial charge >= 0.3 is 0 Å². The molecular formula is C20H18N4O3. The summed E-state index contributed by atoms with van der Waals surface area (Å²) in [7, 11) is 0. The van der Waals surface area contributed by atoms with E-state index in [2.05, 4.69) is 16.0 Å². The van der Waals surface area contributed by atoms with Gasteiger partial charge in [0.15, 0.2) is 0 Å². The van der Waals surface area contributed by atoms with E-state index in [-0.39, 0.29) is 18.1 Å². The second-order valence-corrected chi connectivity index (χ2v) is 5.74. The summed E-state index contributed by atoms with van der Waals surface area (Å²) >= 11 is 0. The highest BCUT2D eigenvalue weighted by molar-refractivity contribution is 5.94. The lowest BCUT2D eigenvalue weighted by Crippen LogP contribution is -2.22. The molecule has 3 N–H and O–H groups in total. The first kappa shape index (κ1) is 17.9. The second-order valence-electron chi connectivity index (χ2n) is 5.74. The molecule has 27 heavy (non-hydrogen) atoms. The highest BCUT2D eigenvalue weighted by Crippen LogP contribution is 2.23. The minimum Gasteiger partial charge on any atom is -0.371 e. The van der Waals surface area contributed by atoms with E-state index in [1.54, 1.807) is 30.3 Å². The summed E-state index contributed by atoms with van der Waals surface area (Å²) in [6, 6.07) is 23.3. The predicted octanol–water partition coefficient (Wildman–Crippen LogP) is 4.39. The molecule has 0 spiro atoms. The Morgan fingerprint density at radius 1 is 0.815 bits per heavy atom. The summed E-state index contributed by atoms with van der Waals surface area (Å²) < 4.78 is 0. The van der Waals surface area contributed by atoms with Crippen LogP contribution in [-0.4, -0.2) is 17.4 Å². The number of anilines is 4. The fourth-order valence-electron chi connectivity index (χ4n) is 2.49. The molecule has 0 bridgehead atoms. The van der Waals surface area contributed by atoms with E-state index in [0.29, 0.717) is 11.4 Å². The number of rotatable bonds is 7. The summed E-state index contributed by atoms with van der Waals surface area (Å²) in [4.78, 5) is 22.6. The summed E-state index contributed by atoms with van der Waals surface area (Å²) in [5.74, 6) is -0.295. The Labute approximate surface area is 156 Å². The average molecular weight is 362 g/mol. The van der Waals surface area contributed by atoms with Crippen LogP contribution in [0.3, 0.4) is 0 Å². The van der Waals surface area contributed by atoms with Crippen LogP contribution in [-0.2, 0) is 4.79 Å². The number of nitro groups is 1. The maximum absolute atomic E-state index is 12.1. The number of nitro benzene ring substituents is 1. The number of carbonyl (C=O) groups excluding carboxylic acids is 1. The monoisotopic (exact) mass is 362 g/mol. The van der Waals surface area contributed by atoms with Crippen LogP contribution in [0.15, 0.2) is 78.9 Å². The maximum atomic E-state index is 12.1. The van der Waals surface area contributed by atoms with Crippen molar-refractivity contribution in [2.75, 3.05) is 22.5 Å². The molecule has 0 aliphatic heterocycles. The van der Waals surface area contributed by atoms with Gasteiger partial charge in [0, 0.05) is 23.1 Å². The fourth-order valence-corrected chi connectivity index (χ4v) is 2.49. The van der Waals surface area contributed by atoms with Gasteiger partial charge in [0.2, 0.25) is 5.91 Å².